The Balaban J connectivity index is 2.36. The predicted molar refractivity (Wildman–Crippen MR) is 50.9 cm³/mol. The number of rotatable bonds is 3. The van der Waals surface area contributed by atoms with Crippen molar-refractivity contribution in [3.8, 4) is 0 Å². The molecule has 12 heteroatoms. The molecule has 0 bridgehead atoms. The summed E-state index contributed by atoms with van der Waals surface area (Å²) in [6, 6.07) is 0. The Morgan fingerprint density at radius 3 is 2.47 bits per heavy atom. The number of fused-ring (bicyclic) bond motifs is 1. The first kappa shape index (κ1) is 14.0. The molecule has 0 spiro atoms. The summed E-state index contributed by atoms with van der Waals surface area (Å²) in [6.07, 6.45) is -0.125. The van der Waals surface area contributed by atoms with Gasteiger partial charge in [0.05, 0.1) is 17.8 Å². The van der Waals surface area contributed by atoms with Gasteiger partial charge in [0.1, 0.15) is 5.70 Å². The molecular weight excluding hydrogens is 315 g/mol. The van der Waals surface area contributed by atoms with Crippen LogP contribution in [0.15, 0.2) is 10.8 Å². The van der Waals surface area contributed by atoms with Gasteiger partial charge in [-0.05, 0) is 0 Å². The van der Waals surface area contributed by atoms with Crippen LogP contribution in [-0.4, -0.2) is 36.1 Å². The first-order valence-electron chi connectivity index (χ1n) is 4.49. The Morgan fingerprint density at radius 2 is 2.05 bits per heavy atom. The van der Waals surface area contributed by atoms with Crippen LogP contribution in [0.4, 0.5) is 13.2 Å². The number of thioether (sulfide) groups is 1. The van der Waals surface area contributed by atoms with E-state index in [1.165, 1.54) is 0 Å². The third kappa shape index (κ3) is 2.14. The molecule has 0 unspecified atom stereocenters. The lowest BCUT2D eigenvalue weighted by molar-refractivity contribution is -0.301. The number of halogens is 3. The van der Waals surface area contributed by atoms with E-state index in [2.05, 4.69) is 4.18 Å². The molecule has 106 valence electrons. The zero-order valence-corrected chi connectivity index (χ0v) is 10.3. The average Bonchev–Trinajstić information content (AvgIpc) is 2.48. The van der Waals surface area contributed by atoms with Crippen LogP contribution in [0, 0.1) is 0 Å². The molecule has 1 fully saturated rings. The van der Waals surface area contributed by atoms with E-state index >= 15 is 0 Å². The number of β-lactam (4-membered cyclic amide) rings is 1. The first-order chi connectivity index (χ1) is 8.54. The summed E-state index contributed by atoms with van der Waals surface area (Å²) in [6.45, 7) is 0. The monoisotopic (exact) mass is 318 g/mol. The molecule has 2 heterocycles. The van der Waals surface area contributed by atoms with Crippen molar-refractivity contribution < 1.29 is 40.5 Å². The van der Waals surface area contributed by atoms with E-state index in [1.807, 2.05) is 0 Å². The highest BCUT2D eigenvalue weighted by Crippen LogP contribution is 2.47. The highest BCUT2D eigenvalue weighted by molar-refractivity contribution is 8.04. The second-order valence-electron chi connectivity index (χ2n) is 3.45. The Bertz CT molecular complexity index is 594. The third-order valence-corrected chi connectivity index (χ3v) is 4.44. The minimum Gasteiger partial charge on any atom is -0.543 e. The van der Waals surface area contributed by atoms with Gasteiger partial charge in [0.2, 0.25) is 11.0 Å². The molecule has 2 aliphatic rings. The molecule has 2 aliphatic heterocycles. The number of carboxylic acids is 1. The summed E-state index contributed by atoms with van der Waals surface area (Å²) >= 11 is 0.406. The molecule has 0 aliphatic carbocycles. The molecule has 1 amide bonds. The van der Waals surface area contributed by atoms with Crippen molar-refractivity contribution in [2.24, 2.45) is 0 Å². The van der Waals surface area contributed by atoms with Gasteiger partial charge in [-0.3, -0.25) is 9.69 Å². The standard InChI is InChI=1S/C7H4F3NO6S2/c8-7(9,10)19(15,16)17-6-4(5(13)14)11-2(12)1-3(11)18-6/h3H,1H2,(H,13,14)/p-1/t3-/m1/s1. The van der Waals surface area contributed by atoms with Crippen molar-refractivity contribution in [1.29, 1.82) is 0 Å². The molecule has 1 atom stereocenters. The second kappa shape index (κ2) is 4.03. The van der Waals surface area contributed by atoms with E-state index in [0.29, 0.717) is 16.7 Å². The molecule has 0 N–H and O–H groups in total. The van der Waals surface area contributed by atoms with Gasteiger partial charge in [-0.2, -0.15) is 21.6 Å². The van der Waals surface area contributed by atoms with E-state index < -0.39 is 43.7 Å². The average molecular weight is 318 g/mol. The van der Waals surface area contributed by atoms with Gasteiger partial charge in [-0.25, -0.2) is 0 Å². The minimum atomic E-state index is -5.99. The lowest BCUT2D eigenvalue weighted by Crippen LogP contribution is -2.50. The van der Waals surface area contributed by atoms with Crippen LogP contribution in [0.25, 0.3) is 0 Å². The van der Waals surface area contributed by atoms with Crippen molar-refractivity contribution >= 4 is 33.8 Å². The maximum Gasteiger partial charge on any atom is 0.534 e. The molecule has 0 aromatic rings. The Kier molecular flexibility index (Phi) is 2.97. The van der Waals surface area contributed by atoms with Crippen molar-refractivity contribution in [3.63, 3.8) is 0 Å². The Labute approximate surface area is 108 Å². The van der Waals surface area contributed by atoms with Crippen molar-refractivity contribution in [2.75, 3.05) is 0 Å². The number of alkyl halides is 3. The number of carboxylic acid groups (broad SMARTS) is 1. The highest BCUT2D eigenvalue weighted by atomic mass is 32.2. The fourth-order valence-corrected chi connectivity index (χ4v) is 3.31. The van der Waals surface area contributed by atoms with Gasteiger partial charge in [-0.1, -0.05) is 11.8 Å². The first-order valence-corrected chi connectivity index (χ1v) is 6.78. The SMILES string of the molecule is O=C([O-])C1=C(OS(=O)(=O)C(F)(F)F)S[C@@H]2CC(=O)N12. The summed E-state index contributed by atoms with van der Waals surface area (Å²) in [7, 11) is -5.99. The van der Waals surface area contributed by atoms with Crippen LogP contribution in [0.1, 0.15) is 6.42 Å². The van der Waals surface area contributed by atoms with Gasteiger partial charge >= 0.3 is 15.6 Å². The number of carbonyl (C=O) groups is 2. The fraction of sp³-hybridized carbons (Fsp3) is 0.429. The van der Waals surface area contributed by atoms with Crippen molar-refractivity contribution in [3.05, 3.63) is 10.8 Å². The largest absolute Gasteiger partial charge is 0.543 e. The van der Waals surface area contributed by atoms with Gasteiger partial charge in [0, 0.05) is 0 Å². The number of hydrogen-bond donors (Lipinski definition) is 0. The fourth-order valence-electron chi connectivity index (χ4n) is 1.42. The smallest absolute Gasteiger partial charge is 0.534 e. The molecule has 1 saturated heterocycles. The van der Waals surface area contributed by atoms with Crippen molar-refractivity contribution in [1.82, 2.24) is 4.90 Å². The van der Waals surface area contributed by atoms with Crippen molar-refractivity contribution in [2.45, 2.75) is 17.3 Å². The molecule has 19 heavy (non-hydrogen) atoms. The summed E-state index contributed by atoms with van der Waals surface area (Å²) < 4.78 is 61.6. The number of aliphatic carboxylic acids is 1. The van der Waals surface area contributed by atoms with Crippen LogP contribution in [0.5, 0.6) is 0 Å². The van der Waals surface area contributed by atoms with Gasteiger partial charge in [0.25, 0.3) is 0 Å². The predicted octanol–water partition coefficient (Wildman–Crippen LogP) is -0.923. The summed E-state index contributed by atoms with van der Waals surface area (Å²) in [5.74, 6) is -2.66. The zero-order chi connectivity index (χ0) is 14.6. The normalized spacial score (nSPS) is 23.2. The Hall–Kier alpha value is -1.43. The number of carbonyl (C=O) groups excluding carboxylic acids is 2. The summed E-state index contributed by atoms with van der Waals surface area (Å²) in [5.41, 5.74) is -6.70. The van der Waals surface area contributed by atoms with E-state index in [-0.39, 0.29) is 6.42 Å². The number of nitrogens with zero attached hydrogens (tertiary/aromatic N) is 1. The molecule has 0 saturated carbocycles. The molecule has 0 radical (unpaired) electrons. The molecule has 0 aromatic carbocycles. The van der Waals surface area contributed by atoms with Crippen LogP contribution in [0.2, 0.25) is 0 Å². The Morgan fingerprint density at radius 1 is 1.47 bits per heavy atom. The van der Waals surface area contributed by atoms with E-state index in [0.717, 1.165) is 0 Å². The maximum atomic E-state index is 12.1. The van der Waals surface area contributed by atoms with Crippen LogP contribution >= 0.6 is 11.8 Å². The summed E-state index contributed by atoms with van der Waals surface area (Å²) in [5, 5.41) is 8.95. The topological polar surface area (TPSA) is 104 Å². The third-order valence-electron chi connectivity index (χ3n) is 2.25. The van der Waals surface area contributed by atoms with Gasteiger partial charge in [-0.15, -0.1) is 0 Å². The van der Waals surface area contributed by atoms with Gasteiger partial charge < -0.3 is 14.1 Å². The molecule has 2 rings (SSSR count). The zero-order valence-electron chi connectivity index (χ0n) is 8.63. The van der Waals surface area contributed by atoms with Crippen LogP contribution < -0.4 is 5.11 Å². The van der Waals surface area contributed by atoms with Crippen LogP contribution in [-0.2, 0) is 23.9 Å². The lowest BCUT2D eigenvalue weighted by Gasteiger charge is -2.34. The number of hydrogen-bond acceptors (Lipinski definition) is 7. The van der Waals surface area contributed by atoms with E-state index in [9.17, 15) is 36.3 Å². The van der Waals surface area contributed by atoms with Crippen LogP contribution in [0.3, 0.4) is 0 Å². The lowest BCUT2D eigenvalue weighted by atomic mass is 10.2. The van der Waals surface area contributed by atoms with Gasteiger partial charge in [0.15, 0.2) is 0 Å². The number of amides is 1. The minimum absolute atomic E-state index is 0.125. The molecular formula is C7H3F3NO6S2-. The molecule has 7 nitrogen and oxygen atoms in total. The second-order valence-corrected chi connectivity index (χ2v) is 6.14. The quantitative estimate of drug-likeness (QED) is 0.376. The molecule has 0 aromatic heterocycles. The highest BCUT2D eigenvalue weighted by Gasteiger charge is 2.53. The van der Waals surface area contributed by atoms with E-state index in [4.69, 9.17) is 0 Å². The summed E-state index contributed by atoms with van der Waals surface area (Å²) in [4.78, 5) is 22.5. The van der Waals surface area contributed by atoms with E-state index in [1.54, 1.807) is 0 Å². The maximum absolute atomic E-state index is 12.1.